The van der Waals surface area contributed by atoms with Crippen LogP contribution >= 0.6 is 23.2 Å². The van der Waals surface area contributed by atoms with Crippen LogP contribution in [0.1, 0.15) is 56.2 Å². The second-order valence-electron chi connectivity index (χ2n) is 8.87. The monoisotopic (exact) mass is 582 g/mol. The molecule has 0 radical (unpaired) electrons. The summed E-state index contributed by atoms with van der Waals surface area (Å²) in [5.74, 6) is -0.903. The van der Waals surface area contributed by atoms with Crippen LogP contribution < -0.4 is 20.7 Å². The van der Waals surface area contributed by atoms with E-state index in [0.717, 1.165) is 24.2 Å². The number of hydrogen-bond donors (Lipinski definition) is 4. The molecule has 4 N–H and O–H groups in total. The van der Waals surface area contributed by atoms with Crippen LogP contribution in [0.15, 0.2) is 30.5 Å². The van der Waals surface area contributed by atoms with Gasteiger partial charge in [-0.2, -0.15) is 0 Å². The molecule has 0 aliphatic heterocycles. The summed E-state index contributed by atoms with van der Waals surface area (Å²) >= 11 is 12.7. The van der Waals surface area contributed by atoms with E-state index in [2.05, 4.69) is 20.9 Å². The summed E-state index contributed by atoms with van der Waals surface area (Å²) in [6.45, 7) is 5.59. The summed E-state index contributed by atoms with van der Waals surface area (Å²) < 4.78 is 11.0. The van der Waals surface area contributed by atoms with Gasteiger partial charge in [-0.3, -0.25) is 14.4 Å². The van der Waals surface area contributed by atoms with Crippen LogP contribution in [0.2, 0.25) is 10.0 Å². The Labute approximate surface area is 238 Å². The molecule has 39 heavy (non-hydrogen) atoms. The number of nitrogens with one attached hydrogen (secondary N) is 3. The van der Waals surface area contributed by atoms with E-state index in [0.29, 0.717) is 31.7 Å². The highest BCUT2D eigenvalue weighted by Gasteiger charge is 2.21. The number of nitrogens with zero attached hydrogens (tertiary/aromatic N) is 1. The van der Waals surface area contributed by atoms with Gasteiger partial charge in [0.1, 0.15) is 12.4 Å². The highest BCUT2D eigenvalue weighted by molar-refractivity contribution is 6.37. The number of ether oxygens (including phenoxy) is 2. The number of benzene rings is 1. The number of carboxylic acid groups (broad SMARTS) is 1. The lowest BCUT2D eigenvalue weighted by Crippen LogP contribution is -2.39. The van der Waals surface area contributed by atoms with Crippen molar-refractivity contribution < 1.29 is 29.0 Å². The first-order valence-electron chi connectivity index (χ1n) is 12.8. The van der Waals surface area contributed by atoms with Gasteiger partial charge in [-0.1, -0.05) is 30.1 Å². The number of anilines is 1. The van der Waals surface area contributed by atoms with Crippen LogP contribution in [0.5, 0.6) is 5.75 Å². The molecule has 1 heterocycles. The summed E-state index contributed by atoms with van der Waals surface area (Å²) in [7, 11) is 0. The molecule has 10 nitrogen and oxygen atoms in total. The lowest BCUT2D eigenvalue weighted by molar-refractivity contribution is -0.138. The largest absolute Gasteiger partial charge is 0.488 e. The van der Waals surface area contributed by atoms with Crippen LogP contribution in [-0.2, 0) is 19.1 Å². The SMILES string of the molecule is CCCOCCOc1c(Cl)cc(C(CC(=O)O)NC(=O)CNC(=O)CCCCNc2cc(C)ccn2)cc1Cl. The molecule has 1 unspecified atom stereocenters. The molecular formula is C27H36Cl2N4O6. The number of amides is 2. The van der Waals surface area contributed by atoms with Gasteiger partial charge in [-0.05, 0) is 61.6 Å². The van der Waals surface area contributed by atoms with Crippen molar-refractivity contribution in [3.05, 3.63) is 51.6 Å². The third-order valence-electron chi connectivity index (χ3n) is 5.46. The topological polar surface area (TPSA) is 139 Å². The van der Waals surface area contributed by atoms with Crippen LogP contribution in [0.3, 0.4) is 0 Å². The van der Waals surface area contributed by atoms with Crippen LogP contribution in [0.25, 0.3) is 0 Å². The Morgan fingerprint density at radius 1 is 1.05 bits per heavy atom. The minimum absolute atomic E-state index is 0.179. The van der Waals surface area contributed by atoms with E-state index in [9.17, 15) is 19.5 Å². The molecule has 1 aromatic heterocycles. The van der Waals surface area contributed by atoms with Crippen molar-refractivity contribution >= 4 is 46.8 Å². The van der Waals surface area contributed by atoms with Gasteiger partial charge in [0.15, 0.2) is 5.75 Å². The fourth-order valence-corrected chi connectivity index (χ4v) is 4.18. The molecule has 0 aliphatic carbocycles. The fraction of sp³-hybridized carbons (Fsp3) is 0.481. The molecule has 2 rings (SSSR count). The standard InChI is InChI=1S/C27H36Cl2N4O6/c1-3-10-38-11-12-39-27-20(28)14-19(15-21(27)29)22(16-26(36)37)33-25(35)17-32-24(34)6-4-5-8-30-23-13-18(2)7-9-31-23/h7,9,13-15,22H,3-6,8,10-12,16-17H2,1-2H3,(H,30,31)(H,32,34)(H,33,35)(H,36,37). The van der Waals surface area contributed by atoms with Gasteiger partial charge >= 0.3 is 5.97 Å². The van der Waals surface area contributed by atoms with E-state index in [1.807, 2.05) is 26.0 Å². The molecule has 0 spiro atoms. The zero-order valence-corrected chi connectivity index (χ0v) is 23.7. The number of carboxylic acids is 1. The summed E-state index contributed by atoms with van der Waals surface area (Å²) in [6, 6.07) is 5.95. The quantitative estimate of drug-likeness (QED) is 0.188. The average Bonchev–Trinajstić information content (AvgIpc) is 2.87. The van der Waals surface area contributed by atoms with Crippen molar-refractivity contribution in [2.45, 2.75) is 52.0 Å². The Kier molecular flexibility index (Phi) is 14.4. The third kappa shape index (κ3) is 12.5. The molecule has 2 aromatic rings. The zero-order chi connectivity index (χ0) is 28.6. The highest BCUT2D eigenvalue weighted by atomic mass is 35.5. The predicted molar refractivity (Wildman–Crippen MR) is 151 cm³/mol. The Hall–Kier alpha value is -3.08. The van der Waals surface area contributed by atoms with Gasteiger partial charge in [-0.25, -0.2) is 4.98 Å². The van der Waals surface area contributed by atoms with Crippen molar-refractivity contribution in [3.63, 3.8) is 0 Å². The molecule has 0 bridgehead atoms. The number of pyridine rings is 1. The summed E-state index contributed by atoms with van der Waals surface area (Å²) in [6.07, 6.45) is 3.86. The number of rotatable bonds is 18. The summed E-state index contributed by atoms with van der Waals surface area (Å²) in [5.41, 5.74) is 1.51. The highest BCUT2D eigenvalue weighted by Crippen LogP contribution is 2.36. The van der Waals surface area contributed by atoms with E-state index in [-0.39, 0.29) is 41.3 Å². The van der Waals surface area contributed by atoms with Crippen molar-refractivity contribution in [2.75, 3.05) is 38.2 Å². The summed E-state index contributed by atoms with van der Waals surface area (Å²) in [5, 5.41) is 18.1. The number of hydrogen-bond acceptors (Lipinski definition) is 7. The fourth-order valence-electron chi connectivity index (χ4n) is 3.57. The van der Waals surface area contributed by atoms with E-state index in [1.165, 1.54) is 12.1 Å². The first kappa shape index (κ1) is 32.1. The molecule has 0 fully saturated rings. The molecule has 1 aromatic carbocycles. The first-order chi connectivity index (χ1) is 18.7. The number of aliphatic carboxylic acids is 1. The molecule has 2 amide bonds. The maximum Gasteiger partial charge on any atom is 0.305 e. The van der Waals surface area contributed by atoms with E-state index in [1.54, 1.807) is 6.20 Å². The Bertz CT molecular complexity index is 1080. The van der Waals surface area contributed by atoms with Crippen LogP contribution in [0, 0.1) is 6.92 Å². The van der Waals surface area contributed by atoms with Gasteiger partial charge < -0.3 is 30.5 Å². The number of aromatic nitrogens is 1. The van der Waals surface area contributed by atoms with Gasteiger partial charge in [-0.15, -0.1) is 0 Å². The lowest BCUT2D eigenvalue weighted by Gasteiger charge is -2.20. The molecule has 1 atom stereocenters. The molecule has 12 heteroatoms. The number of unbranched alkanes of at least 4 members (excludes halogenated alkanes) is 1. The number of carbonyl (C=O) groups is 3. The maximum atomic E-state index is 12.5. The molecule has 214 valence electrons. The summed E-state index contributed by atoms with van der Waals surface area (Å²) in [4.78, 5) is 40.3. The number of aryl methyl sites for hydroxylation is 1. The van der Waals surface area contributed by atoms with Crippen molar-refractivity contribution in [1.82, 2.24) is 15.6 Å². The van der Waals surface area contributed by atoms with Gasteiger partial charge in [0.2, 0.25) is 11.8 Å². The number of carbonyl (C=O) groups excluding carboxylic acids is 2. The number of halogens is 2. The van der Waals surface area contributed by atoms with Crippen LogP contribution in [0.4, 0.5) is 5.82 Å². The molecule has 0 aliphatic rings. The average molecular weight is 584 g/mol. The Balaban J connectivity index is 1.81. The predicted octanol–water partition coefficient (Wildman–Crippen LogP) is 4.53. The minimum atomic E-state index is -1.13. The van der Waals surface area contributed by atoms with Crippen molar-refractivity contribution in [1.29, 1.82) is 0 Å². The second kappa shape index (κ2) is 17.5. The molecule has 0 saturated carbocycles. The molecular weight excluding hydrogens is 547 g/mol. The zero-order valence-electron chi connectivity index (χ0n) is 22.2. The van der Waals surface area contributed by atoms with Gasteiger partial charge in [0.25, 0.3) is 0 Å². The van der Waals surface area contributed by atoms with Crippen molar-refractivity contribution in [3.8, 4) is 5.75 Å². The normalized spacial score (nSPS) is 11.5. The van der Waals surface area contributed by atoms with Gasteiger partial charge in [0.05, 0.1) is 35.7 Å². The smallest absolute Gasteiger partial charge is 0.305 e. The van der Waals surface area contributed by atoms with E-state index in [4.69, 9.17) is 32.7 Å². The minimum Gasteiger partial charge on any atom is -0.488 e. The van der Waals surface area contributed by atoms with E-state index < -0.39 is 24.3 Å². The van der Waals surface area contributed by atoms with Crippen LogP contribution in [-0.4, -0.2) is 60.8 Å². The van der Waals surface area contributed by atoms with Crippen molar-refractivity contribution in [2.24, 2.45) is 0 Å². The second-order valence-corrected chi connectivity index (χ2v) is 9.69. The molecule has 0 saturated heterocycles. The lowest BCUT2D eigenvalue weighted by atomic mass is 10.0. The Morgan fingerprint density at radius 2 is 1.79 bits per heavy atom. The first-order valence-corrected chi connectivity index (χ1v) is 13.6. The Morgan fingerprint density at radius 3 is 2.46 bits per heavy atom. The van der Waals surface area contributed by atoms with Gasteiger partial charge in [0, 0.05) is 25.8 Å². The third-order valence-corrected chi connectivity index (χ3v) is 6.02. The van der Waals surface area contributed by atoms with E-state index >= 15 is 0 Å². The maximum absolute atomic E-state index is 12.5.